The third-order valence-corrected chi connectivity index (χ3v) is 7.31. The maximum atomic E-state index is 12.9. The van der Waals surface area contributed by atoms with E-state index in [9.17, 15) is 24.3 Å². The number of carbonyl (C=O) groups is 4. The highest BCUT2D eigenvalue weighted by molar-refractivity contribution is 8.00. The normalized spacial score (nSPS) is 19.3. The molecule has 1 saturated heterocycles. The van der Waals surface area contributed by atoms with Crippen molar-refractivity contribution in [1.29, 1.82) is 0 Å². The molecule has 2 aromatic rings. The standard InChI is InChI=1S/C22H21N5O7S2/c1-33-26-15(13-10-36-22(23)24-13)18(29)25-16-19(30)27-17(21(31)32)12(9-35-20(16)27)8-34-14(28)7-11-5-3-2-4-6-11/h2-6,10,16,20H,7-9H2,1H3,(H2,23,24)(H,25,29)(H,31,32)/b26-15+. The number of carboxylic acids is 1. The minimum absolute atomic E-state index is 0.0407. The van der Waals surface area contributed by atoms with E-state index in [4.69, 9.17) is 15.3 Å². The SMILES string of the molecule is CO/N=C(/C(=O)NC1C(=O)N2C(C(=O)O)=C(COC(=O)Cc3ccccc3)CSC12)c1csc(N)n1. The Morgan fingerprint density at radius 2 is 2.06 bits per heavy atom. The third-order valence-electron chi connectivity index (χ3n) is 5.30. The molecule has 0 aliphatic carbocycles. The van der Waals surface area contributed by atoms with Gasteiger partial charge in [-0.2, -0.15) is 0 Å². The number of ether oxygens (including phenoxy) is 1. The molecule has 4 rings (SSSR count). The van der Waals surface area contributed by atoms with Gasteiger partial charge >= 0.3 is 11.9 Å². The van der Waals surface area contributed by atoms with Gasteiger partial charge in [-0.15, -0.1) is 23.1 Å². The second-order valence-corrected chi connectivity index (χ2v) is 9.63. The number of benzene rings is 1. The van der Waals surface area contributed by atoms with Crippen LogP contribution in [-0.4, -0.2) is 75.3 Å². The molecule has 2 aliphatic heterocycles. The molecule has 36 heavy (non-hydrogen) atoms. The van der Waals surface area contributed by atoms with Crippen molar-refractivity contribution < 1.29 is 33.9 Å². The smallest absolute Gasteiger partial charge is 0.352 e. The van der Waals surface area contributed by atoms with Crippen LogP contribution < -0.4 is 11.1 Å². The van der Waals surface area contributed by atoms with E-state index in [2.05, 4.69) is 15.5 Å². The Kier molecular flexibility index (Phi) is 7.55. The second-order valence-electron chi connectivity index (χ2n) is 7.63. The van der Waals surface area contributed by atoms with Crippen molar-refractivity contribution in [1.82, 2.24) is 15.2 Å². The molecule has 188 valence electrons. The van der Waals surface area contributed by atoms with Gasteiger partial charge in [0.2, 0.25) is 0 Å². The number of thiazole rings is 1. The first kappa shape index (κ1) is 25.2. The number of aromatic nitrogens is 1. The number of rotatable bonds is 9. The van der Waals surface area contributed by atoms with Crippen molar-refractivity contribution in [2.75, 3.05) is 25.2 Å². The number of hydrogen-bond acceptors (Lipinski definition) is 11. The van der Waals surface area contributed by atoms with Crippen LogP contribution >= 0.6 is 23.1 Å². The quantitative estimate of drug-likeness (QED) is 0.180. The molecule has 0 spiro atoms. The van der Waals surface area contributed by atoms with Gasteiger partial charge in [0.15, 0.2) is 10.8 Å². The molecule has 0 saturated carbocycles. The number of nitrogens with one attached hydrogen (secondary N) is 1. The summed E-state index contributed by atoms with van der Waals surface area (Å²) in [6.45, 7) is -0.260. The second kappa shape index (κ2) is 10.8. The van der Waals surface area contributed by atoms with Gasteiger partial charge < -0.3 is 25.7 Å². The number of hydrogen-bond donors (Lipinski definition) is 3. The summed E-state index contributed by atoms with van der Waals surface area (Å²) in [4.78, 5) is 59.7. The Bertz CT molecular complexity index is 1260. The Morgan fingerprint density at radius 3 is 2.69 bits per heavy atom. The van der Waals surface area contributed by atoms with E-state index >= 15 is 0 Å². The van der Waals surface area contributed by atoms with Crippen molar-refractivity contribution in [3.8, 4) is 0 Å². The number of carbonyl (C=O) groups excluding carboxylic acids is 3. The van der Waals surface area contributed by atoms with Crippen LogP contribution in [0.5, 0.6) is 0 Å². The van der Waals surface area contributed by atoms with Gasteiger partial charge in [0, 0.05) is 16.7 Å². The summed E-state index contributed by atoms with van der Waals surface area (Å²) in [5.41, 5.74) is 6.45. The lowest BCUT2D eigenvalue weighted by atomic mass is 10.0. The summed E-state index contributed by atoms with van der Waals surface area (Å²) >= 11 is 2.36. The van der Waals surface area contributed by atoms with E-state index in [0.717, 1.165) is 21.8 Å². The number of amides is 2. The van der Waals surface area contributed by atoms with Gasteiger partial charge in [0.05, 0.1) is 6.42 Å². The number of β-lactam (4-membered cyclic amide) rings is 1. The van der Waals surface area contributed by atoms with Crippen LogP contribution in [-0.2, 0) is 35.2 Å². The lowest BCUT2D eigenvalue weighted by molar-refractivity contribution is -0.150. The summed E-state index contributed by atoms with van der Waals surface area (Å²) in [5, 5.41) is 17.1. The van der Waals surface area contributed by atoms with E-state index in [1.54, 1.807) is 24.3 Å². The average molecular weight is 532 g/mol. The molecule has 3 heterocycles. The Balaban J connectivity index is 1.43. The summed E-state index contributed by atoms with van der Waals surface area (Å²) < 4.78 is 5.28. The maximum Gasteiger partial charge on any atom is 0.352 e. The third kappa shape index (κ3) is 5.18. The molecule has 2 atom stereocenters. The van der Waals surface area contributed by atoms with Crippen molar-refractivity contribution in [2.24, 2.45) is 5.16 Å². The number of aliphatic carboxylic acids is 1. The molecule has 1 fully saturated rings. The molecule has 12 nitrogen and oxygen atoms in total. The maximum absolute atomic E-state index is 12.9. The van der Waals surface area contributed by atoms with E-state index in [0.29, 0.717) is 5.57 Å². The van der Waals surface area contributed by atoms with E-state index in [1.165, 1.54) is 24.3 Å². The number of anilines is 1. The van der Waals surface area contributed by atoms with Crippen LogP contribution in [0.2, 0.25) is 0 Å². The fourth-order valence-electron chi connectivity index (χ4n) is 3.68. The molecule has 2 aliphatic rings. The Hall–Kier alpha value is -3.91. The number of nitrogen functional groups attached to an aromatic ring is 1. The molecular weight excluding hydrogens is 510 g/mol. The fraction of sp³-hybridized carbons (Fsp3) is 0.273. The Morgan fingerprint density at radius 1 is 1.31 bits per heavy atom. The monoisotopic (exact) mass is 531 g/mol. The molecule has 4 N–H and O–H groups in total. The van der Waals surface area contributed by atoms with Gasteiger partial charge in [0.25, 0.3) is 11.8 Å². The van der Waals surface area contributed by atoms with Crippen LogP contribution in [0.25, 0.3) is 0 Å². The number of carboxylic acid groups (broad SMARTS) is 1. The van der Waals surface area contributed by atoms with Gasteiger partial charge in [-0.3, -0.25) is 19.3 Å². The fourth-order valence-corrected chi connectivity index (χ4v) is 5.55. The molecule has 1 aromatic heterocycles. The van der Waals surface area contributed by atoms with Crippen molar-refractivity contribution >= 4 is 57.7 Å². The predicted octanol–water partition coefficient (Wildman–Crippen LogP) is 0.600. The van der Waals surface area contributed by atoms with Gasteiger partial charge in [0.1, 0.15) is 36.5 Å². The highest BCUT2D eigenvalue weighted by Gasteiger charge is 2.54. The largest absolute Gasteiger partial charge is 0.477 e. The van der Waals surface area contributed by atoms with Gasteiger partial charge in [-0.25, -0.2) is 9.78 Å². The van der Waals surface area contributed by atoms with E-state index in [-0.39, 0.29) is 41.0 Å². The summed E-state index contributed by atoms with van der Waals surface area (Å²) in [6.07, 6.45) is 0.0407. The summed E-state index contributed by atoms with van der Waals surface area (Å²) in [7, 11) is 1.26. The van der Waals surface area contributed by atoms with Crippen LogP contribution in [0.4, 0.5) is 5.13 Å². The number of fused-ring (bicyclic) bond motifs is 1. The highest BCUT2D eigenvalue weighted by Crippen LogP contribution is 2.40. The number of nitrogens with two attached hydrogens (primary N) is 1. The lowest BCUT2D eigenvalue weighted by Crippen LogP contribution is -2.71. The molecule has 2 unspecified atom stereocenters. The van der Waals surface area contributed by atoms with Crippen LogP contribution in [0.3, 0.4) is 0 Å². The molecule has 14 heteroatoms. The highest BCUT2D eigenvalue weighted by atomic mass is 32.2. The van der Waals surface area contributed by atoms with Crippen molar-refractivity contribution in [3.05, 3.63) is 58.2 Å². The number of esters is 1. The van der Waals surface area contributed by atoms with Crippen LogP contribution in [0.1, 0.15) is 11.3 Å². The molecule has 0 bridgehead atoms. The van der Waals surface area contributed by atoms with Crippen molar-refractivity contribution in [2.45, 2.75) is 17.8 Å². The number of nitrogens with zero attached hydrogens (tertiary/aromatic N) is 3. The first-order valence-electron chi connectivity index (χ1n) is 10.5. The Labute approximate surface area is 213 Å². The minimum Gasteiger partial charge on any atom is -0.477 e. The zero-order valence-corrected chi connectivity index (χ0v) is 20.5. The first-order chi connectivity index (χ1) is 17.3. The zero-order chi connectivity index (χ0) is 25.8. The summed E-state index contributed by atoms with van der Waals surface area (Å²) in [6, 6.07) is 8.00. The average Bonchev–Trinajstić information content (AvgIpc) is 3.29. The minimum atomic E-state index is -1.33. The lowest BCUT2D eigenvalue weighted by Gasteiger charge is -2.49. The van der Waals surface area contributed by atoms with E-state index in [1.807, 2.05) is 6.07 Å². The molecular formula is C22H21N5O7S2. The van der Waals surface area contributed by atoms with E-state index < -0.39 is 35.2 Å². The zero-order valence-electron chi connectivity index (χ0n) is 18.9. The predicted molar refractivity (Wildman–Crippen MR) is 131 cm³/mol. The van der Waals surface area contributed by atoms with Crippen LogP contribution in [0.15, 0.2) is 52.1 Å². The van der Waals surface area contributed by atoms with Gasteiger partial charge in [-0.05, 0) is 5.56 Å². The topological polar surface area (TPSA) is 174 Å². The van der Waals surface area contributed by atoms with Crippen LogP contribution in [0, 0.1) is 0 Å². The number of oxime groups is 1. The number of thioether (sulfide) groups is 1. The first-order valence-corrected chi connectivity index (χ1v) is 12.5. The van der Waals surface area contributed by atoms with Crippen molar-refractivity contribution in [3.63, 3.8) is 0 Å². The molecule has 1 aromatic carbocycles. The molecule has 2 amide bonds. The summed E-state index contributed by atoms with van der Waals surface area (Å²) in [5.74, 6) is -2.98. The molecule has 0 radical (unpaired) electrons. The van der Waals surface area contributed by atoms with Gasteiger partial charge in [-0.1, -0.05) is 35.5 Å².